The van der Waals surface area contributed by atoms with E-state index < -0.39 is 0 Å². The van der Waals surface area contributed by atoms with Crippen LogP contribution in [0.3, 0.4) is 0 Å². The Kier molecular flexibility index (Phi) is 3.65. The van der Waals surface area contributed by atoms with Crippen LogP contribution in [-0.2, 0) is 4.74 Å². The SMILES string of the molecule is O=c1[nH]c(C2CCOC2)nc(-c2ccccc2)c1I. The molecule has 1 aliphatic rings. The second-order valence-electron chi connectivity index (χ2n) is 4.54. The second-order valence-corrected chi connectivity index (χ2v) is 5.62. The molecule has 0 aliphatic carbocycles. The van der Waals surface area contributed by atoms with E-state index in [1.54, 1.807) is 0 Å². The van der Waals surface area contributed by atoms with Crippen molar-refractivity contribution in [2.45, 2.75) is 12.3 Å². The molecule has 0 saturated carbocycles. The van der Waals surface area contributed by atoms with Crippen LogP contribution in [0.1, 0.15) is 18.2 Å². The van der Waals surface area contributed by atoms with Gasteiger partial charge in [0, 0.05) is 18.1 Å². The number of benzene rings is 1. The summed E-state index contributed by atoms with van der Waals surface area (Å²) >= 11 is 2.05. The molecule has 1 fully saturated rings. The molecule has 1 aromatic heterocycles. The van der Waals surface area contributed by atoms with Crippen LogP contribution >= 0.6 is 22.6 Å². The van der Waals surface area contributed by atoms with Crippen molar-refractivity contribution in [3.05, 3.63) is 50.1 Å². The van der Waals surface area contributed by atoms with Crippen molar-refractivity contribution in [3.8, 4) is 11.3 Å². The Morgan fingerprint density at radius 3 is 2.79 bits per heavy atom. The summed E-state index contributed by atoms with van der Waals surface area (Å²) in [4.78, 5) is 19.6. The Morgan fingerprint density at radius 1 is 1.32 bits per heavy atom. The number of nitrogens with one attached hydrogen (secondary N) is 1. The van der Waals surface area contributed by atoms with E-state index in [0.29, 0.717) is 10.2 Å². The van der Waals surface area contributed by atoms with Gasteiger partial charge in [-0.15, -0.1) is 0 Å². The molecule has 2 heterocycles. The molecular weight excluding hydrogens is 355 g/mol. The molecule has 98 valence electrons. The van der Waals surface area contributed by atoms with E-state index in [0.717, 1.165) is 30.1 Å². The van der Waals surface area contributed by atoms with Gasteiger partial charge in [-0.25, -0.2) is 4.98 Å². The number of halogens is 1. The van der Waals surface area contributed by atoms with Crippen molar-refractivity contribution in [2.24, 2.45) is 0 Å². The monoisotopic (exact) mass is 368 g/mol. The van der Waals surface area contributed by atoms with Gasteiger partial charge in [0.15, 0.2) is 0 Å². The summed E-state index contributed by atoms with van der Waals surface area (Å²) in [6.45, 7) is 1.37. The molecule has 0 radical (unpaired) electrons. The standard InChI is InChI=1S/C14H13IN2O2/c15-11-12(9-4-2-1-3-5-9)16-13(17-14(11)18)10-6-7-19-8-10/h1-5,10H,6-8H2,(H,16,17,18). The Morgan fingerprint density at radius 2 is 2.11 bits per heavy atom. The first kappa shape index (κ1) is 12.8. The lowest BCUT2D eigenvalue weighted by atomic mass is 10.1. The average Bonchev–Trinajstić information content (AvgIpc) is 2.97. The first-order chi connectivity index (χ1) is 9.25. The fourth-order valence-electron chi connectivity index (χ4n) is 2.21. The third-order valence-electron chi connectivity index (χ3n) is 3.24. The van der Waals surface area contributed by atoms with Crippen molar-refractivity contribution < 1.29 is 4.74 Å². The maximum Gasteiger partial charge on any atom is 0.264 e. The summed E-state index contributed by atoms with van der Waals surface area (Å²) in [5.74, 6) is 0.939. The van der Waals surface area contributed by atoms with Crippen LogP contribution in [0.15, 0.2) is 35.1 Å². The van der Waals surface area contributed by atoms with Gasteiger partial charge in [-0.05, 0) is 29.0 Å². The lowest BCUT2D eigenvalue weighted by Gasteiger charge is -2.10. The number of H-pyrrole nitrogens is 1. The Bertz CT molecular complexity index is 634. The summed E-state index contributed by atoms with van der Waals surface area (Å²) in [6.07, 6.45) is 0.914. The lowest BCUT2D eigenvalue weighted by molar-refractivity contribution is 0.193. The van der Waals surface area contributed by atoms with E-state index in [-0.39, 0.29) is 11.5 Å². The average molecular weight is 368 g/mol. The minimum Gasteiger partial charge on any atom is -0.381 e. The van der Waals surface area contributed by atoms with Gasteiger partial charge in [0.05, 0.1) is 12.3 Å². The predicted octanol–water partition coefficient (Wildman–Crippen LogP) is 2.55. The number of hydrogen-bond acceptors (Lipinski definition) is 3. The maximum atomic E-state index is 12.0. The number of aromatic amines is 1. The Balaban J connectivity index is 2.11. The topological polar surface area (TPSA) is 55.0 Å². The predicted molar refractivity (Wildman–Crippen MR) is 81.2 cm³/mol. The van der Waals surface area contributed by atoms with Gasteiger partial charge in [-0.1, -0.05) is 30.3 Å². The molecule has 0 spiro atoms. The van der Waals surface area contributed by atoms with Crippen LogP contribution < -0.4 is 5.56 Å². The fraction of sp³-hybridized carbons (Fsp3) is 0.286. The molecule has 1 aliphatic heterocycles. The minimum absolute atomic E-state index is 0.0728. The summed E-state index contributed by atoms with van der Waals surface area (Å²) in [6, 6.07) is 9.80. The van der Waals surface area contributed by atoms with Crippen molar-refractivity contribution in [2.75, 3.05) is 13.2 Å². The third-order valence-corrected chi connectivity index (χ3v) is 4.25. The van der Waals surface area contributed by atoms with Gasteiger partial charge in [0.1, 0.15) is 9.39 Å². The zero-order valence-electron chi connectivity index (χ0n) is 10.2. The Labute approximate surface area is 124 Å². The summed E-state index contributed by atoms with van der Waals surface area (Å²) in [5.41, 5.74) is 1.65. The highest BCUT2D eigenvalue weighted by molar-refractivity contribution is 14.1. The Hall–Kier alpha value is -1.21. The minimum atomic E-state index is -0.0728. The summed E-state index contributed by atoms with van der Waals surface area (Å²) in [7, 11) is 0. The van der Waals surface area contributed by atoms with Crippen LogP contribution in [0.4, 0.5) is 0 Å². The maximum absolute atomic E-state index is 12.0. The van der Waals surface area contributed by atoms with Crippen molar-refractivity contribution in [1.29, 1.82) is 0 Å². The van der Waals surface area contributed by atoms with Gasteiger partial charge >= 0.3 is 0 Å². The van der Waals surface area contributed by atoms with Gasteiger partial charge < -0.3 is 9.72 Å². The van der Waals surface area contributed by atoms with Crippen molar-refractivity contribution >= 4 is 22.6 Å². The molecule has 4 nitrogen and oxygen atoms in total. The van der Waals surface area contributed by atoms with E-state index in [2.05, 4.69) is 32.6 Å². The molecule has 1 N–H and O–H groups in total. The largest absolute Gasteiger partial charge is 0.381 e. The summed E-state index contributed by atoms with van der Waals surface area (Å²) in [5, 5.41) is 0. The van der Waals surface area contributed by atoms with Gasteiger partial charge in [0.2, 0.25) is 0 Å². The fourth-order valence-corrected chi connectivity index (χ4v) is 2.77. The second kappa shape index (κ2) is 5.42. The molecule has 0 amide bonds. The third kappa shape index (κ3) is 2.57. The molecule has 1 unspecified atom stereocenters. The smallest absolute Gasteiger partial charge is 0.264 e. The molecule has 1 saturated heterocycles. The first-order valence-corrected chi connectivity index (χ1v) is 7.26. The first-order valence-electron chi connectivity index (χ1n) is 6.18. The van der Waals surface area contributed by atoms with Gasteiger partial charge in [0.25, 0.3) is 5.56 Å². The van der Waals surface area contributed by atoms with Crippen molar-refractivity contribution in [1.82, 2.24) is 9.97 Å². The summed E-state index contributed by atoms with van der Waals surface area (Å²) < 4.78 is 5.99. The zero-order valence-corrected chi connectivity index (χ0v) is 12.4. The number of aromatic nitrogens is 2. The quantitative estimate of drug-likeness (QED) is 0.829. The van der Waals surface area contributed by atoms with E-state index in [1.165, 1.54) is 0 Å². The normalized spacial score (nSPS) is 18.7. The molecule has 1 atom stereocenters. The van der Waals surface area contributed by atoms with E-state index >= 15 is 0 Å². The molecule has 0 bridgehead atoms. The van der Waals surface area contributed by atoms with Gasteiger partial charge in [-0.3, -0.25) is 4.79 Å². The molecule has 2 aromatic rings. The van der Waals surface area contributed by atoms with Crippen LogP contribution in [0.25, 0.3) is 11.3 Å². The van der Waals surface area contributed by atoms with Crippen LogP contribution in [0.5, 0.6) is 0 Å². The number of nitrogens with zero attached hydrogens (tertiary/aromatic N) is 1. The van der Waals surface area contributed by atoms with Crippen LogP contribution in [-0.4, -0.2) is 23.2 Å². The molecule has 1 aromatic carbocycles. The van der Waals surface area contributed by atoms with Crippen LogP contribution in [0.2, 0.25) is 0 Å². The van der Waals surface area contributed by atoms with E-state index in [1.807, 2.05) is 30.3 Å². The molecule has 19 heavy (non-hydrogen) atoms. The highest BCUT2D eigenvalue weighted by Gasteiger charge is 2.22. The highest BCUT2D eigenvalue weighted by atomic mass is 127. The van der Waals surface area contributed by atoms with E-state index in [4.69, 9.17) is 4.74 Å². The van der Waals surface area contributed by atoms with Crippen LogP contribution in [0, 0.1) is 3.57 Å². The highest BCUT2D eigenvalue weighted by Crippen LogP contribution is 2.25. The van der Waals surface area contributed by atoms with Gasteiger partial charge in [-0.2, -0.15) is 0 Å². The number of ether oxygens (including phenoxy) is 1. The van der Waals surface area contributed by atoms with Crippen molar-refractivity contribution in [3.63, 3.8) is 0 Å². The molecule has 5 heteroatoms. The number of rotatable bonds is 2. The molecular formula is C14H13IN2O2. The molecule has 3 rings (SSSR count). The number of hydrogen-bond donors (Lipinski definition) is 1. The zero-order chi connectivity index (χ0) is 13.2. The lowest BCUT2D eigenvalue weighted by Crippen LogP contribution is -2.18. The van der Waals surface area contributed by atoms with E-state index in [9.17, 15) is 4.79 Å².